The summed E-state index contributed by atoms with van der Waals surface area (Å²) in [6.07, 6.45) is -4.77. The van der Waals surface area contributed by atoms with Gasteiger partial charge in [0.2, 0.25) is 0 Å². The van der Waals surface area contributed by atoms with Crippen molar-refractivity contribution in [2.24, 2.45) is 0 Å². The molecule has 0 fully saturated rings. The Kier molecular flexibility index (Phi) is 3.93. The van der Waals surface area contributed by atoms with Crippen molar-refractivity contribution in [2.75, 3.05) is 5.32 Å². The molecule has 0 radical (unpaired) electrons. The average Bonchev–Trinajstić information content (AvgIpc) is 2.40. The Morgan fingerprint density at radius 1 is 0.952 bits per heavy atom. The van der Waals surface area contributed by atoms with Gasteiger partial charge < -0.3 is 15.5 Å². The van der Waals surface area contributed by atoms with E-state index in [-0.39, 0.29) is 23.7 Å². The van der Waals surface area contributed by atoms with Crippen LogP contribution >= 0.6 is 0 Å². The molecule has 0 aliphatic carbocycles. The lowest BCUT2D eigenvalue weighted by molar-refractivity contribution is -0.139. The van der Waals surface area contributed by atoms with Crippen LogP contribution in [0.2, 0.25) is 0 Å². The summed E-state index contributed by atoms with van der Waals surface area (Å²) >= 11 is 0. The maximum absolute atomic E-state index is 13.1. The summed E-state index contributed by atoms with van der Waals surface area (Å²) in [7, 11) is 0. The van der Waals surface area contributed by atoms with Gasteiger partial charge in [0.05, 0.1) is 5.56 Å². The van der Waals surface area contributed by atoms with E-state index in [4.69, 9.17) is 5.11 Å². The first-order valence-corrected chi connectivity index (χ1v) is 5.89. The molecule has 0 atom stereocenters. The van der Waals surface area contributed by atoms with Gasteiger partial charge in [0.25, 0.3) is 0 Å². The third kappa shape index (κ3) is 3.56. The fourth-order valence-corrected chi connectivity index (χ4v) is 1.74. The molecule has 3 N–H and O–H groups in total. The van der Waals surface area contributed by atoms with E-state index in [1.807, 2.05) is 0 Å². The van der Waals surface area contributed by atoms with E-state index >= 15 is 0 Å². The molecule has 2 aromatic carbocycles. The molecule has 0 aromatic heterocycles. The smallest absolute Gasteiger partial charge is 0.419 e. The zero-order valence-electron chi connectivity index (χ0n) is 10.6. The Labute approximate surface area is 117 Å². The van der Waals surface area contributed by atoms with E-state index in [1.54, 1.807) is 0 Å². The molecular formula is C14H11F4NO2. The summed E-state index contributed by atoms with van der Waals surface area (Å²) in [5, 5.41) is 21.1. The topological polar surface area (TPSA) is 52.5 Å². The molecule has 0 heterocycles. The molecule has 0 aliphatic heterocycles. The highest BCUT2D eigenvalue weighted by Crippen LogP contribution is 2.33. The quantitative estimate of drug-likeness (QED) is 0.596. The fraction of sp³-hybridized carbons (Fsp3) is 0.143. The number of halogens is 4. The predicted molar refractivity (Wildman–Crippen MR) is 68.5 cm³/mol. The summed E-state index contributed by atoms with van der Waals surface area (Å²) in [6.45, 7) is 0.108. The van der Waals surface area contributed by atoms with Gasteiger partial charge in [-0.05, 0) is 35.9 Å². The average molecular weight is 301 g/mol. The number of phenolic OH excluding ortho intramolecular Hbond substituents is 2. The lowest BCUT2D eigenvalue weighted by Crippen LogP contribution is -2.09. The van der Waals surface area contributed by atoms with E-state index in [9.17, 15) is 22.7 Å². The van der Waals surface area contributed by atoms with Gasteiger partial charge in [-0.25, -0.2) is 4.39 Å². The first-order valence-electron chi connectivity index (χ1n) is 5.89. The van der Waals surface area contributed by atoms with Crippen LogP contribution in [0.3, 0.4) is 0 Å². The second-order valence-electron chi connectivity index (χ2n) is 4.37. The van der Waals surface area contributed by atoms with Crippen molar-refractivity contribution in [1.29, 1.82) is 0 Å². The maximum atomic E-state index is 13.1. The maximum Gasteiger partial charge on any atom is 0.419 e. The van der Waals surface area contributed by atoms with E-state index in [0.29, 0.717) is 11.6 Å². The molecule has 2 rings (SSSR count). The van der Waals surface area contributed by atoms with Crippen LogP contribution in [0.1, 0.15) is 11.1 Å². The molecule has 3 nitrogen and oxygen atoms in total. The molecule has 0 aliphatic rings. The largest absolute Gasteiger partial charge is 0.504 e. The van der Waals surface area contributed by atoms with Crippen molar-refractivity contribution < 1.29 is 27.8 Å². The van der Waals surface area contributed by atoms with Crippen molar-refractivity contribution in [1.82, 2.24) is 0 Å². The minimum Gasteiger partial charge on any atom is -0.504 e. The first-order chi connectivity index (χ1) is 9.77. The number of phenols is 2. The molecule has 2 aromatic rings. The van der Waals surface area contributed by atoms with Gasteiger partial charge in [0.15, 0.2) is 11.5 Å². The number of hydrogen-bond acceptors (Lipinski definition) is 3. The summed E-state index contributed by atoms with van der Waals surface area (Å²) in [4.78, 5) is 0. The molecule has 0 spiro atoms. The van der Waals surface area contributed by atoms with Crippen LogP contribution in [0.25, 0.3) is 0 Å². The lowest BCUT2D eigenvalue weighted by atomic mass is 10.1. The summed E-state index contributed by atoms with van der Waals surface area (Å²) < 4.78 is 50.8. The number of hydrogen-bond donors (Lipinski definition) is 3. The highest BCUT2D eigenvalue weighted by Gasteiger charge is 2.34. The number of benzene rings is 2. The summed E-state index contributed by atoms with van der Waals surface area (Å²) in [6, 6.07) is 6.63. The van der Waals surface area contributed by atoms with Gasteiger partial charge in [-0.15, -0.1) is 0 Å². The number of rotatable bonds is 3. The zero-order valence-corrected chi connectivity index (χ0v) is 10.6. The Morgan fingerprint density at radius 2 is 1.67 bits per heavy atom. The monoisotopic (exact) mass is 301 g/mol. The molecule has 7 heteroatoms. The van der Waals surface area contributed by atoms with Crippen LogP contribution in [0, 0.1) is 5.82 Å². The van der Waals surface area contributed by atoms with E-state index in [0.717, 1.165) is 6.07 Å². The zero-order chi connectivity index (χ0) is 15.6. The van der Waals surface area contributed by atoms with E-state index in [1.165, 1.54) is 24.3 Å². The van der Waals surface area contributed by atoms with E-state index < -0.39 is 17.6 Å². The van der Waals surface area contributed by atoms with Gasteiger partial charge >= 0.3 is 6.18 Å². The Hall–Kier alpha value is -2.44. The van der Waals surface area contributed by atoms with Crippen LogP contribution in [0.15, 0.2) is 36.4 Å². The molecule has 0 unspecified atom stereocenters. The minimum absolute atomic E-state index is 0.0938. The first kappa shape index (κ1) is 15.0. The van der Waals surface area contributed by atoms with Gasteiger partial charge in [-0.1, -0.05) is 6.07 Å². The summed E-state index contributed by atoms with van der Waals surface area (Å²) in [5.74, 6) is -1.96. The molecule has 0 saturated carbocycles. The molecule has 0 amide bonds. The fourth-order valence-electron chi connectivity index (χ4n) is 1.74. The van der Waals surface area contributed by atoms with Crippen molar-refractivity contribution in [3.63, 3.8) is 0 Å². The van der Waals surface area contributed by atoms with E-state index in [2.05, 4.69) is 5.32 Å². The second-order valence-corrected chi connectivity index (χ2v) is 4.37. The molecule has 112 valence electrons. The van der Waals surface area contributed by atoms with Crippen molar-refractivity contribution in [3.8, 4) is 11.5 Å². The summed E-state index contributed by atoms with van der Waals surface area (Å²) in [5.41, 5.74) is -0.708. The third-order valence-electron chi connectivity index (χ3n) is 2.81. The number of aromatic hydroxyl groups is 2. The van der Waals surface area contributed by atoms with Gasteiger partial charge in [0.1, 0.15) is 5.82 Å². The van der Waals surface area contributed by atoms with Gasteiger partial charge in [-0.2, -0.15) is 13.2 Å². The predicted octanol–water partition coefficient (Wildman–Crippen LogP) is 3.87. The van der Waals surface area contributed by atoms with Crippen molar-refractivity contribution in [2.45, 2.75) is 12.7 Å². The number of alkyl halides is 3. The third-order valence-corrected chi connectivity index (χ3v) is 2.81. The highest BCUT2D eigenvalue weighted by molar-refractivity contribution is 5.48. The van der Waals surface area contributed by atoms with Crippen molar-refractivity contribution in [3.05, 3.63) is 53.3 Å². The molecule has 0 bridgehead atoms. The van der Waals surface area contributed by atoms with Crippen molar-refractivity contribution >= 4 is 5.69 Å². The molecular weight excluding hydrogens is 290 g/mol. The van der Waals surface area contributed by atoms with Gasteiger partial charge in [0, 0.05) is 12.2 Å². The lowest BCUT2D eigenvalue weighted by Gasteiger charge is -2.12. The van der Waals surface area contributed by atoms with Crippen LogP contribution in [-0.2, 0) is 12.7 Å². The van der Waals surface area contributed by atoms with Crippen LogP contribution in [-0.4, -0.2) is 10.2 Å². The second kappa shape index (κ2) is 5.51. The highest BCUT2D eigenvalue weighted by atomic mass is 19.4. The van der Waals surface area contributed by atoms with Crippen LogP contribution in [0.4, 0.5) is 23.2 Å². The Balaban J connectivity index is 2.15. The molecule has 0 saturated heterocycles. The SMILES string of the molecule is Oc1ccc(CNc2ccc(F)c(C(F)(F)F)c2)cc1O. The standard InChI is InChI=1S/C14H11F4NO2/c15-11-3-2-9(6-10(11)14(16,17)18)19-7-8-1-4-12(20)13(21)5-8/h1-6,19-21H,7H2. The minimum atomic E-state index is -4.77. The molecule has 21 heavy (non-hydrogen) atoms. The number of anilines is 1. The normalized spacial score (nSPS) is 11.4. The Morgan fingerprint density at radius 3 is 2.29 bits per heavy atom. The number of nitrogens with one attached hydrogen (secondary N) is 1. The van der Waals surface area contributed by atoms with Crippen LogP contribution in [0.5, 0.6) is 11.5 Å². The Bertz CT molecular complexity index is 656. The van der Waals surface area contributed by atoms with Crippen LogP contribution < -0.4 is 5.32 Å². The van der Waals surface area contributed by atoms with Gasteiger partial charge in [-0.3, -0.25) is 0 Å².